The number of ether oxygens (including phenoxy) is 4. The van der Waals surface area contributed by atoms with Crippen LogP contribution in [-0.2, 0) is 68.0 Å². The third-order valence-electron chi connectivity index (χ3n) is 15.3. The van der Waals surface area contributed by atoms with E-state index in [0.29, 0.717) is 44.8 Å². The summed E-state index contributed by atoms with van der Waals surface area (Å²) in [5.41, 5.74) is -0.553. The second-order valence-electron chi connectivity index (χ2n) is 23.6. The van der Waals surface area contributed by atoms with E-state index in [1.54, 1.807) is 70.2 Å². The summed E-state index contributed by atoms with van der Waals surface area (Å²) >= 11 is 26.3. The normalized spacial score (nSPS) is 14.9. The molecule has 0 bridgehead atoms. The van der Waals surface area contributed by atoms with Gasteiger partial charge in [0.15, 0.2) is 12.2 Å². The number of aliphatic carboxylic acids is 2. The van der Waals surface area contributed by atoms with Crippen LogP contribution in [0.15, 0.2) is 170 Å². The van der Waals surface area contributed by atoms with Crippen molar-refractivity contribution < 1.29 is 112 Å². The van der Waals surface area contributed by atoms with E-state index >= 15 is 0 Å². The number of carboxylic acids is 2. The largest absolute Gasteiger partial charge is 0.508 e. The summed E-state index contributed by atoms with van der Waals surface area (Å²) in [6, 6.07) is 37.7. The molecule has 5 unspecified atom stereocenters. The molecule has 3 heterocycles. The standard InChI is InChI=1S/C22H21ClF3NO4.C15H17BrClNO3.C15H10ClF3O3.C8H7ClO2.C7H5F3O.C7H13NO2/c1-14(20(28)27-11-2-3-12-27)30-21(29)19(15-7-9-17(23)10-8-15)31-18-6-4-5-16(13-18)22(24,25)26;1-10(14(19)18-8-2-3-9-18)21-15(20)13(16)11-4-6-12(17)7-5-11;16-11-6-4-9(5-7-11)13(14(20)21)22-12-3-1-2-10(8-12)15(17,18)19;9-7-3-1-6(2-4-7)5-8(10)11;8-7(9,10)5-2-1-3-6(11)4-5;1-6(9)7(10)8-4-2-3-5-8/h4-10,13-14,19H,2-3,11-12H2,1H3;4-7,10,13H,2-3,8-9H2,1H3;1-8,13H,(H,20,21);1-4H,5H2,(H,10,11);1-4,11H;6,9H,2-5H2,1H3/t;;13-;;;/m..1.../s1. The highest BCUT2D eigenvalue weighted by Crippen LogP contribution is 2.36. The predicted octanol–water partition coefficient (Wildman–Crippen LogP) is 17.3. The topological polar surface area (TPSA) is 247 Å². The zero-order valence-corrected chi connectivity index (χ0v) is 61.3. The lowest BCUT2D eigenvalue weighted by Crippen LogP contribution is -2.39. The van der Waals surface area contributed by atoms with E-state index in [1.165, 1.54) is 86.6 Å². The smallest absolute Gasteiger partial charge is 0.416 e. The Morgan fingerprint density at radius 3 is 1.10 bits per heavy atom. The average Bonchev–Trinajstić information content (AvgIpc) is 0.874. The number of benzene rings is 7. The first-order chi connectivity index (χ1) is 49.8. The number of halogens is 14. The average molecular weight is 1640 g/mol. The lowest BCUT2D eigenvalue weighted by molar-refractivity contribution is -0.165. The molecule has 6 atom stereocenters. The quantitative estimate of drug-likeness (QED) is 0.0376. The number of rotatable bonds is 17. The van der Waals surface area contributed by atoms with Gasteiger partial charge in [-0.3, -0.25) is 24.0 Å². The Bertz CT molecular complexity index is 4000. The minimum absolute atomic E-state index is 0.0527. The number of likely N-dealkylation sites (tertiary alicyclic amines) is 3. The predicted molar refractivity (Wildman–Crippen MR) is 379 cm³/mol. The molecule has 32 heteroatoms. The van der Waals surface area contributed by atoms with Crippen LogP contribution in [0.1, 0.15) is 115 Å². The van der Waals surface area contributed by atoms with Gasteiger partial charge in [0.05, 0.1) is 23.1 Å². The van der Waals surface area contributed by atoms with Crippen LogP contribution >= 0.6 is 62.3 Å². The third kappa shape index (κ3) is 29.9. The molecule has 572 valence electrons. The molecule has 3 aliphatic heterocycles. The fourth-order valence-electron chi connectivity index (χ4n) is 9.94. The number of esters is 2. The van der Waals surface area contributed by atoms with Crippen LogP contribution < -0.4 is 9.47 Å². The summed E-state index contributed by atoms with van der Waals surface area (Å²) < 4.78 is 134. The maximum absolute atomic E-state index is 13.0. The van der Waals surface area contributed by atoms with Gasteiger partial charge in [-0.2, -0.15) is 39.5 Å². The van der Waals surface area contributed by atoms with Gasteiger partial charge in [-0.1, -0.05) is 129 Å². The summed E-state index contributed by atoms with van der Waals surface area (Å²) in [6.45, 7) is 8.92. The van der Waals surface area contributed by atoms with Gasteiger partial charge in [-0.15, -0.1) is 0 Å². The number of carbonyl (C=O) groups is 7. The van der Waals surface area contributed by atoms with Gasteiger partial charge >= 0.3 is 42.4 Å². The summed E-state index contributed by atoms with van der Waals surface area (Å²) in [5, 5.41) is 37.2. The van der Waals surface area contributed by atoms with Crippen LogP contribution in [-0.4, -0.2) is 134 Å². The van der Waals surface area contributed by atoms with Crippen LogP contribution in [0.4, 0.5) is 39.5 Å². The number of nitrogens with zero attached hydrogens (tertiary/aromatic N) is 3. The molecule has 3 amide bonds. The molecule has 0 spiro atoms. The number of carbonyl (C=O) groups excluding carboxylic acids is 5. The molecule has 106 heavy (non-hydrogen) atoms. The molecule has 4 N–H and O–H groups in total. The van der Waals surface area contributed by atoms with Crippen LogP contribution in [0.25, 0.3) is 0 Å². The van der Waals surface area contributed by atoms with Crippen LogP contribution in [0.5, 0.6) is 17.2 Å². The van der Waals surface area contributed by atoms with E-state index in [4.69, 9.17) is 80.7 Å². The SMILES string of the molecule is CC(O)C(=O)N1CCCC1.CC(OC(=O)C(Br)c1ccc(Cl)cc1)C(=O)N1CCCC1.CC(OC(=O)C(Oc1cccc(C(F)(F)F)c1)c1ccc(Cl)cc1)C(=O)N1CCCC1.O=C(O)Cc1ccc(Cl)cc1.O=C(O)[C@H](Oc1cccc(C(F)(F)F)c1)c1ccc(Cl)cc1.Oc1cccc(C(F)(F)F)c1. The zero-order chi connectivity index (χ0) is 78.6. The van der Waals surface area contributed by atoms with Crippen molar-refractivity contribution in [3.05, 3.63) is 229 Å². The van der Waals surface area contributed by atoms with Crippen molar-refractivity contribution in [1.82, 2.24) is 14.7 Å². The Labute approximate surface area is 632 Å². The lowest BCUT2D eigenvalue weighted by Gasteiger charge is -2.24. The van der Waals surface area contributed by atoms with Crippen LogP contribution in [0, 0.1) is 0 Å². The monoisotopic (exact) mass is 1630 g/mol. The van der Waals surface area contributed by atoms with Crippen molar-refractivity contribution in [1.29, 1.82) is 0 Å². The molecule has 3 fully saturated rings. The van der Waals surface area contributed by atoms with Gasteiger partial charge in [-0.05, 0) is 174 Å². The molecule has 0 saturated carbocycles. The van der Waals surface area contributed by atoms with E-state index < -0.39 is 94.4 Å². The van der Waals surface area contributed by atoms with E-state index in [0.717, 1.165) is 118 Å². The lowest BCUT2D eigenvalue weighted by atomic mass is 10.1. The number of aliphatic hydroxyl groups excluding tert-OH is 1. The number of amides is 3. The Hall–Kier alpha value is -8.80. The third-order valence-corrected chi connectivity index (χ3v) is 17.2. The van der Waals surface area contributed by atoms with Crippen molar-refractivity contribution in [2.24, 2.45) is 0 Å². The summed E-state index contributed by atoms with van der Waals surface area (Å²) in [4.78, 5) is 86.5. The number of carboxylic acid groups (broad SMARTS) is 2. The number of phenols is 1. The molecule has 10 rings (SSSR count). The summed E-state index contributed by atoms with van der Waals surface area (Å²) in [7, 11) is 0. The maximum Gasteiger partial charge on any atom is 0.416 e. The summed E-state index contributed by atoms with van der Waals surface area (Å²) in [6.07, 6.45) is -12.9. The fraction of sp³-hybridized carbons (Fsp3) is 0.338. The van der Waals surface area contributed by atoms with Crippen molar-refractivity contribution in [2.45, 2.75) is 120 Å². The number of aromatic hydroxyl groups is 1. The Balaban J connectivity index is 0.000000240. The van der Waals surface area contributed by atoms with Crippen molar-refractivity contribution in [3.63, 3.8) is 0 Å². The Morgan fingerprint density at radius 2 is 0.764 bits per heavy atom. The van der Waals surface area contributed by atoms with Gasteiger partial charge in [0.25, 0.3) is 17.7 Å². The molecular formula is C74H73BrCl4F9N3O15. The van der Waals surface area contributed by atoms with Crippen molar-refractivity contribution in [3.8, 4) is 17.2 Å². The highest BCUT2D eigenvalue weighted by Gasteiger charge is 2.36. The molecule has 3 saturated heterocycles. The minimum Gasteiger partial charge on any atom is -0.508 e. The Kier molecular flexibility index (Phi) is 34.7. The van der Waals surface area contributed by atoms with Gasteiger partial charge < -0.3 is 54.1 Å². The van der Waals surface area contributed by atoms with Crippen molar-refractivity contribution in [2.75, 3.05) is 39.3 Å². The van der Waals surface area contributed by atoms with E-state index in [1.807, 2.05) is 0 Å². The molecule has 0 aromatic heterocycles. The number of aliphatic hydroxyl groups is 1. The van der Waals surface area contributed by atoms with Gasteiger partial charge in [0.1, 0.15) is 28.2 Å². The second kappa shape index (κ2) is 41.9. The molecule has 0 aliphatic carbocycles. The van der Waals surface area contributed by atoms with E-state index in [-0.39, 0.29) is 47.0 Å². The van der Waals surface area contributed by atoms with Crippen LogP contribution in [0.2, 0.25) is 20.1 Å². The molecule has 3 aliphatic rings. The van der Waals surface area contributed by atoms with Gasteiger partial charge in [-0.25, -0.2) is 9.59 Å². The first-order valence-corrected chi connectivity index (χ1v) is 34.8. The first kappa shape index (κ1) is 87.8. The number of hydrogen-bond acceptors (Lipinski definition) is 13. The summed E-state index contributed by atoms with van der Waals surface area (Å²) in [5.74, 6) is -4.81. The van der Waals surface area contributed by atoms with E-state index in [2.05, 4.69) is 15.9 Å². The highest BCUT2D eigenvalue weighted by molar-refractivity contribution is 9.09. The van der Waals surface area contributed by atoms with Crippen molar-refractivity contribution >= 4 is 104 Å². The number of phenolic OH excluding ortho intramolecular Hbond substituents is 1. The van der Waals surface area contributed by atoms with E-state index in [9.17, 15) is 78.2 Å². The van der Waals surface area contributed by atoms with Gasteiger partial charge in [0, 0.05) is 70.5 Å². The molecule has 7 aromatic rings. The van der Waals surface area contributed by atoms with Crippen LogP contribution in [0.3, 0.4) is 0 Å². The number of alkyl halides is 10. The fourth-order valence-corrected chi connectivity index (χ4v) is 10.9. The maximum atomic E-state index is 13.0. The second-order valence-corrected chi connectivity index (χ2v) is 26.2. The number of hydrogen-bond donors (Lipinski definition) is 4. The molecule has 7 aromatic carbocycles. The first-order valence-electron chi connectivity index (χ1n) is 32.4. The Morgan fingerprint density at radius 1 is 0.443 bits per heavy atom. The zero-order valence-electron chi connectivity index (χ0n) is 56.7. The molecular weight excluding hydrogens is 1560 g/mol. The van der Waals surface area contributed by atoms with Gasteiger partial charge in [0.2, 0.25) is 12.2 Å². The molecule has 0 radical (unpaired) electrons. The highest BCUT2D eigenvalue weighted by atomic mass is 79.9. The minimum atomic E-state index is -4.56. The molecule has 18 nitrogen and oxygen atoms in total.